The predicted octanol–water partition coefficient (Wildman–Crippen LogP) is 3.76. The lowest BCUT2D eigenvalue weighted by Gasteiger charge is -2.23. The molecular weight excluding hydrogens is 160 g/mol. The molecule has 0 rings (SSSR count). The second kappa shape index (κ2) is 6.89. The maximum atomic E-state index is 6.06. The van der Waals surface area contributed by atoms with Crippen LogP contribution < -0.4 is 12.3 Å². The second-order valence-electron chi connectivity index (χ2n) is 3.25. The highest BCUT2D eigenvalue weighted by atomic mass is 35.5. The lowest BCUT2D eigenvalue weighted by Crippen LogP contribution is -2.21. The molecule has 3 heteroatoms. The molecule has 0 spiro atoms. The monoisotopic (exact) mass is 182 g/mol. The fourth-order valence-corrected chi connectivity index (χ4v) is 0.885. The van der Waals surface area contributed by atoms with Crippen LogP contribution in [0, 0.1) is 5.92 Å². The zero-order chi connectivity index (χ0) is 7.49. The van der Waals surface area contributed by atoms with Crippen LogP contribution in [0.15, 0.2) is 0 Å². The molecular formula is C8H23ClN2. The van der Waals surface area contributed by atoms with Gasteiger partial charge in [-0.05, 0) is 26.2 Å². The third kappa shape index (κ3) is 8.11. The van der Waals surface area contributed by atoms with Crippen molar-refractivity contribution in [3.05, 3.63) is 0 Å². The van der Waals surface area contributed by atoms with Crippen molar-refractivity contribution in [1.29, 1.82) is 0 Å². The van der Waals surface area contributed by atoms with Crippen LogP contribution in [0.5, 0.6) is 0 Å². The van der Waals surface area contributed by atoms with Crippen LogP contribution in [0.2, 0.25) is 0 Å². The van der Waals surface area contributed by atoms with Gasteiger partial charge in [-0.25, -0.2) is 0 Å². The molecule has 72 valence electrons. The van der Waals surface area contributed by atoms with E-state index in [9.17, 15) is 0 Å². The molecule has 0 heterocycles. The van der Waals surface area contributed by atoms with E-state index in [0.717, 1.165) is 0 Å². The summed E-state index contributed by atoms with van der Waals surface area (Å²) in [6.45, 7) is 8.55. The Bertz CT molecular complexity index is 78.7. The average molecular weight is 183 g/mol. The predicted molar refractivity (Wildman–Crippen MR) is 54.0 cm³/mol. The lowest BCUT2D eigenvalue weighted by atomic mass is 9.93. The normalized spacial score (nSPS) is 12.8. The number of halogens is 1. The van der Waals surface area contributed by atoms with Crippen LogP contribution >= 0.6 is 11.6 Å². The molecule has 0 amide bonds. The van der Waals surface area contributed by atoms with Gasteiger partial charge in [0.05, 0.1) is 0 Å². The molecule has 0 aromatic heterocycles. The van der Waals surface area contributed by atoms with Crippen molar-refractivity contribution in [1.82, 2.24) is 12.3 Å². The molecule has 1 unspecified atom stereocenters. The van der Waals surface area contributed by atoms with Crippen molar-refractivity contribution < 1.29 is 0 Å². The summed E-state index contributed by atoms with van der Waals surface area (Å²) >= 11 is 6.06. The first-order valence-corrected chi connectivity index (χ1v) is 4.05. The Balaban J connectivity index is -0.000000320. The largest absolute Gasteiger partial charge is 0.344 e. The summed E-state index contributed by atoms with van der Waals surface area (Å²) < 4.78 is 0. The third-order valence-corrected chi connectivity index (χ3v) is 2.27. The lowest BCUT2D eigenvalue weighted by molar-refractivity contribution is 0.418. The summed E-state index contributed by atoms with van der Waals surface area (Å²) in [6, 6.07) is 0. The highest BCUT2D eigenvalue weighted by Crippen LogP contribution is 2.27. The van der Waals surface area contributed by atoms with Gasteiger partial charge in [0.1, 0.15) is 0 Å². The van der Waals surface area contributed by atoms with Crippen molar-refractivity contribution in [3.63, 3.8) is 0 Å². The molecule has 0 saturated heterocycles. The van der Waals surface area contributed by atoms with E-state index in [-0.39, 0.29) is 17.2 Å². The first kappa shape index (κ1) is 17.3. The molecule has 1 atom stereocenters. The van der Waals surface area contributed by atoms with Crippen LogP contribution in [0.3, 0.4) is 0 Å². The van der Waals surface area contributed by atoms with Crippen molar-refractivity contribution in [2.45, 2.75) is 45.4 Å². The fourth-order valence-electron chi connectivity index (χ4n) is 0.776. The minimum atomic E-state index is -0.0178. The van der Waals surface area contributed by atoms with E-state index in [0.29, 0.717) is 5.92 Å². The van der Waals surface area contributed by atoms with E-state index >= 15 is 0 Å². The van der Waals surface area contributed by atoms with Gasteiger partial charge in [0, 0.05) is 4.87 Å². The zero-order valence-corrected chi connectivity index (χ0v) is 9.04. The summed E-state index contributed by atoms with van der Waals surface area (Å²) in [6.07, 6.45) is 2.47. The van der Waals surface area contributed by atoms with Gasteiger partial charge in [-0.15, -0.1) is 11.6 Å². The van der Waals surface area contributed by atoms with Crippen molar-refractivity contribution >= 4 is 11.6 Å². The maximum absolute atomic E-state index is 6.06. The van der Waals surface area contributed by atoms with Crippen LogP contribution in [0.25, 0.3) is 0 Å². The van der Waals surface area contributed by atoms with Crippen LogP contribution in [0.4, 0.5) is 0 Å². The van der Waals surface area contributed by atoms with Crippen molar-refractivity contribution in [2.75, 3.05) is 0 Å². The highest BCUT2D eigenvalue weighted by Gasteiger charge is 2.20. The summed E-state index contributed by atoms with van der Waals surface area (Å²) in [5.41, 5.74) is 0. The van der Waals surface area contributed by atoms with Crippen LogP contribution in [-0.2, 0) is 0 Å². The zero-order valence-electron chi connectivity index (χ0n) is 8.28. The van der Waals surface area contributed by atoms with E-state index in [2.05, 4.69) is 27.7 Å². The van der Waals surface area contributed by atoms with Gasteiger partial charge in [-0.2, -0.15) is 0 Å². The fraction of sp³-hybridized carbons (Fsp3) is 1.00. The van der Waals surface area contributed by atoms with Crippen molar-refractivity contribution in [2.24, 2.45) is 5.92 Å². The van der Waals surface area contributed by atoms with Crippen LogP contribution in [-0.4, -0.2) is 4.87 Å². The minimum absolute atomic E-state index is 0. The first-order chi connectivity index (χ1) is 3.98. The van der Waals surface area contributed by atoms with E-state index in [1.165, 1.54) is 12.8 Å². The Kier molecular flexibility index (Phi) is 10.9. The standard InChI is InChI=1S/C8H17Cl.2H3N/c1-5-6-7(2)8(3,4)9;;/h7H,5-6H2,1-4H3;2*1H3. The molecule has 0 aliphatic carbocycles. The summed E-state index contributed by atoms with van der Waals surface area (Å²) in [5, 5.41) is 0. The van der Waals surface area contributed by atoms with E-state index in [4.69, 9.17) is 11.6 Å². The Labute approximate surface area is 75.9 Å². The molecule has 0 fully saturated rings. The third-order valence-electron chi connectivity index (χ3n) is 1.89. The number of hydrogen-bond acceptors (Lipinski definition) is 2. The second-order valence-corrected chi connectivity index (χ2v) is 4.23. The molecule has 0 bridgehead atoms. The molecule has 6 N–H and O–H groups in total. The smallest absolute Gasteiger partial charge is 0.0416 e. The maximum Gasteiger partial charge on any atom is 0.0416 e. The van der Waals surface area contributed by atoms with Gasteiger partial charge in [0.15, 0.2) is 0 Å². The number of rotatable bonds is 3. The van der Waals surface area contributed by atoms with Gasteiger partial charge in [-0.1, -0.05) is 20.3 Å². The topological polar surface area (TPSA) is 70.0 Å². The molecule has 0 aliphatic rings. The average Bonchev–Trinajstić information content (AvgIpc) is 1.64. The Morgan fingerprint density at radius 1 is 1.27 bits per heavy atom. The summed E-state index contributed by atoms with van der Waals surface area (Å²) in [5.74, 6) is 0.629. The van der Waals surface area contributed by atoms with Crippen LogP contribution in [0.1, 0.15) is 40.5 Å². The van der Waals surface area contributed by atoms with Gasteiger partial charge in [0.2, 0.25) is 0 Å². The Morgan fingerprint density at radius 3 is 1.73 bits per heavy atom. The quantitative estimate of drug-likeness (QED) is 0.653. The van der Waals surface area contributed by atoms with Gasteiger partial charge < -0.3 is 12.3 Å². The first-order valence-electron chi connectivity index (χ1n) is 3.67. The molecule has 0 aromatic rings. The summed E-state index contributed by atoms with van der Waals surface area (Å²) in [7, 11) is 0. The minimum Gasteiger partial charge on any atom is -0.344 e. The molecule has 0 aromatic carbocycles. The number of hydrogen-bond donors (Lipinski definition) is 2. The number of alkyl halides is 1. The molecule has 2 nitrogen and oxygen atoms in total. The molecule has 0 saturated carbocycles. The Hall–Kier alpha value is 0.210. The summed E-state index contributed by atoms with van der Waals surface area (Å²) in [4.78, 5) is -0.0178. The van der Waals surface area contributed by atoms with E-state index in [1.54, 1.807) is 0 Å². The van der Waals surface area contributed by atoms with Gasteiger partial charge >= 0.3 is 0 Å². The molecule has 11 heavy (non-hydrogen) atoms. The van der Waals surface area contributed by atoms with E-state index in [1.807, 2.05) is 0 Å². The highest BCUT2D eigenvalue weighted by molar-refractivity contribution is 6.23. The van der Waals surface area contributed by atoms with Gasteiger partial charge in [0.25, 0.3) is 0 Å². The van der Waals surface area contributed by atoms with Crippen molar-refractivity contribution in [3.8, 4) is 0 Å². The SMILES string of the molecule is CCCC(C)C(C)(C)Cl.N.N. The van der Waals surface area contributed by atoms with E-state index < -0.39 is 0 Å². The Morgan fingerprint density at radius 2 is 1.64 bits per heavy atom. The molecule has 0 radical (unpaired) electrons. The molecule has 0 aliphatic heterocycles. The van der Waals surface area contributed by atoms with Gasteiger partial charge in [-0.3, -0.25) is 0 Å².